The number of imidazole rings is 1. The van der Waals surface area contributed by atoms with Crippen molar-refractivity contribution in [3.05, 3.63) is 18.2 Å². The third kappa shape index (κ3) is 3.80. The number of nitrogens with zero attached hydrogens (tertiary/aromatic N) is 2. The molecule has 1 saturated heterocycles. The number of aromatic nitrogens is 2. The first-order valence-corrected chi connectivity index (χ1v) is 6.82. The van der Waals surface area contributed by atoms with E-state index in [0.29, 0.717) is 0 Å². The molecule has 1 fully saturated rings. The molecule has 1 unspecified atom stereocenters. The average molecular weight is 253 g/mol. The van der Waals surface area contributed by atoms with Crippen LogP contribution < -0.4 is 5.32 Å². The average Bonchev–Trinajstić information content (AvgIpc) is 2.88. The molecule has 2 rings (SSSR count). The van der Waals surface area contributed by atoms with Crippen molar-refractivity contribution in [2.24, 2.45) is 0 Å². The third-order valence-corrected chi connectivity index (χ3v) is 3.12. The molecule has 2 heterocycles. The van der Waals surface area contributed by atoms with Gasteiger partial charge in [-0.2, -0.15) is 0 Å². The molecule has 1 atom stereocenters. The Morgan fingerprint density at radius 1 is 1.56 bits per heavy atom. The highest BCUT2D eigenvalue weighted by atomic mass is 16.5. The van der Waals surface area contributed by atoms with Crippen LogP contribution in [0.25, 0.3) is 0 Å². The van der Waals surface area contributed by atoms with Crippen LogP contribution in [-0.2, 0) is 16.0 Å². The Labute approximate surface area is 108 Å². The van der Waals surface area contributed by atoms with Gasteiger partial charge < -0.3 is 19.4 Å². The molecule has 0 saturated carbocycles. The summed E-state index contributed by atoms with van der Waals surface area (Å²) in [6.07, 6.45) is 6.18. The van der Waals surface area contributed by atoms with Crippen molar-refractivity contribution in [3.8, 4) is 0 Å². The minimum atomic E-state index is 0.122. The van der Waals surface area contributed by atoms with E-state index in [1.807, 2.05) is 12.5 Å². The quantitative estimate of drug-likeness (QED) is 0.745. The van der Waals surface area contributed by atoms with Crippen molar-refractivity contribution in [1.82, 2.24) is 14.9 Å². The molecule has 1 aromatic heterocycles. The maximum atomic E-state index is 5.74. The monoisotopic (exact) mass is 253 g/mol. The molecule has 102 valence electrons. The van der Waals surface area contributed by atoms with Crippen molar-refractivity contribution in [2.45, 2.75) is 32.4 Å². The zero-order valence-electron chi connectivity index (χ0n) is 11.1. The summed E-state index contributed by atoms with van der Waals surface area (Å²) in [4.78, 5) is 4.21. The van der Waals surface area contributed by atoms with Gasteiger partial charge in [0, 0.05) is 26.2 Å². The SMILES string of the molecule is CCCCOCCn1cncc1C1CNCCO1. The van der Waals surface area contributed by atoms with E-state index in [-0.39, 0.29) is 6.10 Å². The highest BCUT2D eigenvalue weighted by Crippen LogP contribution is 2.18. The Morgan fingerprint density at radius 2 is 2.50 bits per heavy atom. The summed E-state index contributed by atoms with van der Waals surface area (Å²) in [6.45, 7) is 7.17. The summed E-state index contributed by atoms with van der Waals surface area (Å²) in [5.41, 5.74) is 1.14. The van der Waals surface area contributed by atoms with Gasteiger partial charge in [-0.25, -0.2) is 4.98 Å². The number of unbranched alkanes of at least 4 members (excludes halogenated alkanes) is 1. The summed E-state index contributed by atoms with van der Waals surface area (Å²) in [5.74, 6) is 0. The first-order valence-electron chi connectivity index (χ1n) is 6.82. The Hall–Kier alpha value is -0.910. The molecule has 1 N–H and O–H groups in total. The van der Waals surface area contributed by atoms with Crippen LogP contribution in [0.5, 0.6) is 0 Å². The van der Waals surface area contributed by atoms with Gasteiger partial charge >= 0.3 is 0 Å². The fraction of sp³-hybridized carbons (Fsp3) is 0.769. The third-order valence-electron chi connectivity index (χ3n) is 3.12. The van der Waals surface area contributed by atoms with E-state index < -0.39 is 0 Å². The highest BCUT2D eigenvalue weighted by Gasteiger charge is 2.19. The van der Waals surface area contributed by atoms with E-state index >= 15 is 0 Å². The van der Waals surface area contributed by atoms with Gasteiger partial charge in [-0.15, -0.1) is 0 Å². The Balaban J connectivity index is 1.79. The Morgan fingerprint density at radius 3 is 3.28 bits per heavy atom. The van der Waals surface area contributed by atoms with Crippen LogP contribution >= 0.6 is 0 Å². The van der Waals surface area contributed by atoms with Crippen molar-refractivity contribution >= 4 is 0 Å². The number of ether oxygens (including phenoxy) is 2. The molecule has 1 aromatic rings. The number of hydrogen-bond donors (Lipinski definition) is 1. The predicted octanol–water partition coefficient (Wildman–Crippen LogP) is 1.36. The zero-order chi connectivity index (χ0) is 12.6. The van der Waals surface area contributed by atoms with Crippen molar-refractivity contribution in [3.63, 3.8) is 0 Å². The standard InChI is InChI=1S/C13H23N3O2/c1-2-3-6-17-8-5-16-11-15-9-12(16)13-10-14-4-7-18-13/h9,11,13-14H,2-8,10H2,1H3. The molecule has 1 aliphatic rings. The summed E-state index contributed by atoms with van der Waals surface area (Å²) in [7, 11) is 0. The lowest BCUT2D eigenvalue weighted by Gasteiger charge is -2.24. The van der Waals surface area contributed by atoms with Crippen LogP contribution in [0, 0.1) is 0 Å². The van der Waals surface area contributed by atoms with E-state index in [1.165, 1.54) is 6.42 Å². The van der Waals surface area contributed by atoms with E-state index in [1.54, 1.807) is 0 Å². The summed E-state index contributed by atoms with van der Waals surface area (Å²) in [6, 6.07) is 0. The first-order chi connectivity index (χ1) is 8.92. The van der Waals surface area contributed by atoms with E-state index in [4.69, 9.17) is 9.47 Å². The lowest BCUT2D eigenvalue weighted by molar-refractivity contribution is 0.0217. The van der Waals surface area contributed by atoms with E-state index in [2.05, 4.69) is 21.8 Å². The molecular weight excluding hydrogens is 230 g/mol. The summed E-state index contributed by atoms with van der Waals surface area (Å²) in [5, 5.41) is 3.34. The second-order valence-electron chi connectivity index (χ2n) is 4.54. The molecule has 18 heavy (non-hydrogen) atoms. The largest absolute Gasteiger partial charge is 0.380 e. The van der Waals surface area contributed by atoms with Gasteiger partial charge in [0.15, 0.2) is 0 Å². The van der Waals surface area contributed by atoms with Gasteiger partial charge in [0.1, 0.15) is 6.10 Å². The van der Waals surface area contributed by atoms with Crippen LogP contribution in [-0.4, -0.2) is 42.5 Å². The normalized spacial score (nSPS) is 20.2. The second kappa shape index (κ2) is 7.51. The molecular formula is C13H23N3O2. The Bertz CT molecular complexity index is 335. The fourth-order valence-corrected chi connectivity index (χ4v) is 2.05. The fourth-order valence-electron chi connectivity index (χ4n) is 2.05. The molecule has 0 radical (unpaired) electrons. The minimum Gasteiger partial charge on any atom is -0.380 e. The topological polar surface area (TPSA) is 48.3 Å². The highest BCUT2D eigenvalue weighted by molar-refractivity contribution is 5.04. The predicted molar refractivity (Wildman–Crippen MR) is 69.5 cm³/mol. The maximum absolute atomic E-state index is 5.74. The number of morpholine rings is 1. The zero-order valence-corrected chi connectivity index (χ0v) is 11.1. The molecule has 0 bridgehead atoms. The van der Waals surface area contributed by atoms with Crippen LogP contribution in [0.2, 0.25) is 0 Å². The molecule has 5 nitrogen and oxygen atoms in total. The summed E-state index contributed by atoms with van der Waals surface area (Å²) >= 11 is 0. The van der Waals surface area contributed by atoms with E-state index in [9.17, 15) is 0 Å². The molecule has 0 aliphatic carbocycles. The van der Waals surface area contributed by atoms with Crippen LogP contribution in [0.3, 0.4) is 0 Å². The Kier molecular flexibility index (Phi) is 5.64. The number of hydrogen-bond acceptors (Lipinski definition) is 4. The van der Waals surface area contributed by atoms with Gasteiger partial charge in [-0.05, 0) is 6.42 Å². The second-order valence-corrected chi connectivity index (χ2v) is 4.54. The number of rotatable bonds is 7. The molecule has 5 heteroatoms. The molecule has 0 spiro atoms. The van der Waals surface area contributed by atoms with Gasteiger partial charge in [0.2, 0.25) is 0 Å². The first kappa shape index (κ1) is 13.5. The number of nitrogens with one attached hydrogen (secondary N) is 1. The van der Waals surface area contributed by atoms with Gasteiger partial charge in [-0.3, -0.25) is 0 Å². The van der Waals surface area contributed by atoms with Crippen LogP contribution in [0.1, 0.15) is 31.6 Å². The van der Waals surface area contributed by atoms with Crippen molar-refractivity contribution in [2.75, 3.05) is 32.9 Å². The smallest absolute Gasteiger partial charge is 0.111 e. The van der Waals surface area contributed by atoms with Gasteiger partial charge in [0.05, 0.1) is 31.4 Å². The molecule has 0 amide bonds. The minimum absolute atomic E-state index is 0.122. The van der Waals surface area contributed by atoms with Crippen LogP contribution in [0.15, 0.2) is 12.5 Å². The molecule has 0 aromatic carbocycles. The summed E-state index contributed by atoms with van der Waals surface area (Å²) < 4.78 is 13.5. The maximum Gasteiger partial charge on any atom is 0.111 e. The molecule has 1 aliphatic heterocycles. The lowest BCUT2D eigenvalue weighted by atomic mass is 10.2. The van der Waals surface area contributed by atoms with Gasteiger partial charge in [-0.1, -0.05) is 13.3 Å². The van der Waals surface area contributed by atoms with E-state index in [0.717, 1.165) is 51.6 Å². The lowest BCUT2D eigenvalue weighted by Crippen LogP contribution is -2.34. The van der Waals surface area contributed by atoms with Crippen molar-refractivity contribution < 1.29 is 9.47 Å². The van der Waals surface area contributed by atoms with Crippen LogP contribution in [0.4, 0.5) is 0 Å². The van der Waals surface area contributed by atoms with Crippen molar-refractivity contribution in [1.29, 1.82) is 0 Å². The van der Waals surface area contributed by atoms with Gasteiger partial charge in [0.25, 0.3) is 0 Å².